The highest BCUT2D eigenvalue weighted by molar-refractivity contribution is 6.31. The SMILES string of the molecule is Cc1c(Cl)cccc1C(=O)NCCCN. The van der Waals surface area contributed by atoms with Gasteiger partial charge in [0.2, 0.25) is 0 Å². The molecule has 1 amide bonds. The third-order valence-corrected chi connectivity index (χ3v) is 2.59. The zero-order valence-electron chi connectivity index (χ0n) is 8.72. The van der Waals surface area contributed by atoms with E-state index in [0.29, 0.717) is 23.7 Å². The summed E-state index contributed by atoms with van der Waals surface area (Å²) in [6.07, 6.45) is 0.783. The average Bonchev–Trinajstić information content (AvgIpc) is 2.22. The zero-order valence-corrected chi connectivity index (χ0v) is 9.47. The minimum absolute atomic E-state index is 0.0940. The van der Waals surface area contributed by atoms with E-state index < -0.39 is 0 Å². The largest absolute Gasteiger partial charge is 0.352 e. The van der Waals surface area contributed by atoms with Crippen LogP contribution < -0.4 is 11.1 Å². The van der Waals surface area contributed by atoms with E-state index in [2.05, 4.69) is 5.32 Å². The summed E-state index contributed by atoms with van der Waals surface area (Å²) in [7, 11) is 0. The number of hydrogen-bond donors (Lipinski definition) is 2. The van der Waals surface area contributed by atoms with Crippen LogP contribution in [0.25, 0.3) is 0 Å². The van der Waals surface area contributed by atoms with Crippen molar-refractivity contribution in [3.63, 3.8) is 0 Å². The first-order valence-electron chi connectivity index (χ1n) is 4.90. The number of rotatable bonds is 4. The average molecular weight is 227 g/mol. The fourth-order valence-electron chi connectivity index (χ4n) is 1.25. The van der Waals surface area contributed by atoms with E-state index in [1.165, 1.54) is 0 Å². The maximum Gasteiger partial charge on any atom is 0.251 e. The lowest BCUT2D eigenvalue weighted by molar-refractivity contribution is 0.0953. The van der Waals surface area contributed by atoms with E-state index in [9.17, 15) is 4.79 Å². The zero-order chi connectivity index (χ0) is 11.3. The normalized spacial score (nSPS) is 10.1. The van der Waals surface area contributed by atoms with Gasteiger partial charge in [-0.1, -0.05) is 17.7 Å². The van der Waals surface area contributed by atoms with Crippen molar-refractivity contribution in [2.75, 3.05) is 13.1 Å². The Kier molecular flexibility index (Phi) is 4.59. The molecule has 82 valence electrons. The van der Waals surface area contributed by atoms with Crippen molar-refractivity contribution >= 4 is 17.5 Å². The summed E-state index contributed by atoms with van der Waals surface area (Å²) >= 11 is 5.92. The second-order valence-corrected chi connectivity index (χ2v) is 3.72. The molecular weight excluding hydrogens is 212 g/mol. The van der Waals surface area contributed by atoms with Gasteiger partial charge < -0.3 is 11.1 Å². The summed E-state index contributed by atoms with van der Waals surface area (Å²) in [5, 5.41) is 3.40. The molecule has 0 aliphatic carbocycles. The van der Waals surface area contributed by atoms with Crippen molar-refractivity contribution in [1.29, 1.82) is 0 Å². The standard InChI is InChI=1S/C11H15ClN2O/c1-8-9(4-2-5-10(8)12)11(15)14-7-3-6-13/h2,4-5H,3,6-7,13H2,1H3,(H,14,15). The molecule has 0 aliphatic heterocycles. The van der Waals surface area contributed by atoms with Crippen LogP contribution in [-0.2, 0) is 0 Å². The predicted octanol–water partition coefficient (Wildman–Crippen LogP) is 1.73. The molecule has 0 aromatic heterocycles. The van der Waals surface area contributed by atoms with Crippen LogP contribution in [0, 0.1) is 6.92 Å². The quantitative estimate of drug-likeness (QED) is 0.769. The smallest absolute Gasteiger partial charge is 0.251 e. The van der Waals surface area contributed by atoms with Gasteiger partial charge in [0.15, 0.2) is 0 Å². The van der Waals surface area contributed by atoms with Crippen LogP contribution in [0.2, 0.25) is 5.02 Å². The summed E-state index contributed by atoms with van der Waals surface area (Å²) in [4.78, 5) is 11.7. The minimum atomic E-state index is -0.0940. The molecule has 4 heteroatoms. The van der Waals surface area contributed by atoms with Gasteiger partial charge in [-0.2, -0.15) is 0 Å². The van der Waals surface area contributed by atoms with Crippen molar-refractivity contribution in [1.82, 2.24) is 5.32 Å². The van der Waals surface area contributed by atoms with E-state index in [1.54, 1.807) is 18.2 Å². The number of hydrogen-bond acceptors (Lipinski definition) is 2. The molecule has 0 spiro atoms. The van der Waals surface area contributed by atoms with Gasteiger partial charge in [0.25, 0.3) is 5.91 Å². The van der Waals surface area contributed by atoms with E-state index in [4.69, 9.17) is 17.3 Å². The van der Waals surface area contributed by atoms with Gasteiger partial charge >= 0.3 is 0 Å². The van der Waals surface area contributed by atoms with Crippen molar-refractivity contribution in [2.24, 2.45) is 5.73 Å². The fourth-order valence-corrected chi connectivity index (χ4v) is 1.43. The molecule has 1 aromatic rings. The van der Waals surface area contributed by atoms with E-state index in [1.807, 2.05) is 6.92 Å². The summed E-state index contributed by atoms with van der Waals surface area (Å²) in [6, 6.07) is 5.31. The number of nitrogens with two attached hydrogens (primary N) is 1. The van der Waals surface area contributed by atoms with Crippen LogP contribution >= 0.6 is 11.6 Å². The molecule has 0 saturated carbocycles. The van der Waals surface area contributed by atoms with Gasteiger partial charge in [0.1, 0.15) is 0 Å². The summed E-state index contributed by atoms with van der Waals surface area (Å²) in [6.45, 7) is 3.01. The first-order chi connectivity index (χ1) is 7.16. The van der Waals surface area contributed by atoms with Gasteiger partial charge in [0.05, 0.1) is 0 Å². The van der Waals surface area contributed by atoms with E-state index >= 15 is 0 Å². The number of halogens is 1. The molecule has 0 unspecified atom stereocenters. The third kappa shape index (κ3) is 3.22. The van der Waals surface area contributed by atoms with Crippen LogP contribution in [0.4, 0.5) is 0 Å². The molecule has 0 fully saturated rings. The predicted molar refractivity (Wildman–Crippen MR) is 62.2 cm³/mol. The van der Waals surface area contributed by atoms with Gasteiger partial charge in [-0.05, 0) is 37.6 Å². The third-order valence-electron chi connectivity index (χ3n) is 2.18. The molecule has 0 aliphatic rings. The van der Waals surface area contributed by atoms with Crippen molar-refractivity contribution in [2.45, 2.75) is 13.3 Å². The van der Waals surface area contributed by atoms with Gasteiger partial charge in [-0.15, -0.1) is 0 Å². The van der Waals surface area contributed by atoms with Crippen LogP contribution in [0.5, 0.6) is 0 Å². The highest BCUT2D eigenvalue weighted by atomic mass is 35.5. The summed E-state index contributed by atoms with van der Waals surface area (Å²) in [5.41, 5.74) is 6.77. The number of amides is 1. The van der Waals surface area contributed by atoms with Crippen LogP contribution in [0.15, 0.2) is 18.2 Å². The number of carbonyl (C=O) groups is 1. The molecule has 0 atom stereocenters. The van der Waals surface area contributed by atoms with Gasteiger partial charge in [-0.3, -0.25) is 4.79 Å². The van der Waals surface area contributed by atoms with E-state index in [0.717, 1.165) is 12.0 Å². The number of benzene rings is 1. The molecule has 3 nitrogen and oxygen atoms in total. The minimum Gasteiger partial charge on any atom is -0.352 e. The molecule has 0 heterocycles. The Hall–Kier alpha value is -1.06. The Morgan fingerprint density at radius 1 is 1.53 bits per heavy atom. The van der Waals surface area contributed by atoms with Gasteiger partial charge in [-0.25, -0.2) is 0 Å². The molecule has 15 heavy (non-hydrogen) atoms. The summed E-state index contributed by atoms with van der Waals surface area (Å²) < 4.78 is 0. The molecule has 1 rings (SSSR count). The second-order valence-electron chi connectivity index (χ2n) is 3.31. The highest BCUT2D eigenvalue weighted by Gasteiger charge is 2.09. The lowest BCUT2D eigenvalue weighted by Gasteiger charge is -2.07. The monoisotopic (exact) mass is 226 g/mol. The van der Waals surface area contributed by atoms with Crippen LogP contribution in [0.3, 0.4) is 0 Å². The maximum absolute atomic E-state index is 11.7. The molecular formula is C11H15ClN2O. The fraction of sp³-hybridized carbons (Fsp3) is 0.364. The topological polar surface area (TPSA) is 55.1 Å². The van der Waals surface area contributed by atoms with Crippen LogP contribution in [0.1, 0.15) is 22.3 Å². The molecule has 1 aromatic carbocycles. The maximum atomic E-state index is 11.7. The first kappa shape index (κ1) is 12.0. The van der Waals surface area contributed by atoms with Crippen molar-refractivity contribution < 1.29 is 4.79 Å². The van der Waals surface area contributed by atoms with Gasteiger partial charge in [0, 0.05) is 17.1 Å². The van der Waals surface area contributed by atoms with Crippen molar-refractivity contribution in [3.05, 3.63) is 34.3 Å². The first-order valence-corrected chi connectivity index (χ1v) is 5.28. The Labute approximate surface area is 94.6 Å². The Bertz CT molecular complexity index is 352. The molecule has 0 bridgehead atoms. The van der Waals surface area contributed by atoms with Crippen molar-refractivity contribution in [3.8, 4) is 0 Å². The highest BCUT2D eigenvalue weighted by Crippen LogP contribution is 2.18. The molecule has 3 N–H and O–H groups in total. The lowest BCUT2D eigenvalue weighted by Crippen LogP contribution is -2.26. The lowest BCUT2D eigenvalue weighted by atomic mass is 10.1. The summed E-state index contributed by atoms with van der Waals surface area (Å²) in [5.74, 6) is -0.0940. The van der Waals surface area contributed by atoms with Crippen LogP contribution in [-0.4, -0.2) is 19.0 Å². The number of nitrogens with one attached hydrogen (secondary N) is 1. The second kappa shape index (κ2) is 5.73. The molecule has 0 saturated heterocycles. The Morgan fingerprint density at radius 2 is 2.27 bits per heavy atom. The van der Waals surface area contributed by atoms with E-state index in [-0.39, 0.29) is 5.91 Å². The number of carbonyl (C=O) groups excluding carboxylic acids is 1. The molecule has 0 radical (unpaired) electrons. The Balaban J connectivity index is 2.69. The Morgan fingerprint density at radius 3 is 2.93 bits per heavy atom.